The molecule has 49 heavy (non-hydrogen) atoms. The summed E-state index contributed by atoms with van der Waals surface area (Å²) in [6.07, 6.45) is 10.1. The summed E-state index contributed by atoms with van der Waals surface area (Å²) in [6, 6.07) is 36.9. The van der Waals surface area contributed by atoms with Gasteiger partial charge < -0.3 is 9.47 Å². The molecule has 9 rings (SSSR count). The number of fused-ring (bicyclic) bond motifs is 11. The lowest BCUT2D eigenvalue weighted by Gasteiger charge is -2.30. The largest absolute Gasteiger partial charge is 0.497 e. The van der Waals surface area contributed by atoms with Crippen molar-refractivity contribution in [2.75, 3.05) is 7.11 Å². The smallest absolute Gasteiger partial charge is 0.119 e. The molecule has 6 aromatic carbocycles. The number of aryl methyl sites for hydroxylation is 2. The third-order valence-electron chi connectivity index (χ3n) is 12.1. The average Bonchev–Trinajstić information content (AvgIpc) is 3.31. The van der Waals surface area contributed by atoms with Crippen molar-refractivity contribution in [3.63, 3.8) is 0 Å². The van der Waals surface area contributed by atoms with Crippen LogP contribution in [0.25, 0.3) is 54.9 Å². The summed E-state index contributed by atoms with van der Waals surface area (Å²) in [4.78, 5) is 0. The molecule has 2 nitrogen and oxygen atoms in total. The third kappa shape index (κ3) is 5.19. The summed E-state index contributed by atoms with van der Waals surface area (Å²) < 4.78 is 12.6. The van der Waals surface area contributed by atoms with Gasteiger partial charge in [0.25, 0.3) is 0 Å². The van der Waals surface area contributed by atoms with Crippen molar-refractivity contribution in [1.82, 2.24) is 0 Å². The van der Waals surface area contributed by atoms with Crippen LogP contribution in [0, 0.1) is 5.92 Å². The van der Waals surface area contributed by atoms with Gasteiger partial charge in [-0.05, 0) is 152 Å². The first kappa shape index (κ1) is 30.6. The normalized spacial score (nSPS) is 19.9. The van der Waals surface area contributed by atoms with E-state index in [0.717, 1.165) is 24.5 Å². The van der Waals surface area contributed by atoms with E-state index in [4.69, 9.17) is 9.47 Å². The molecule has 246 valence electrons. The van der Waals surface area contributed by atoms with Crippen molar-refractivity contribution in [3.8, 4) is 39.1 Å². The van der Waals surface area contributed by atoms with Gasteiger partial charge in [0.15, 0.2) is 0 Å². The molecule has 1 saturated carbocycles. The standard InChI is InChI=1S/C47H46O2/c1-4-7-30-10-12-31(13-11-30)32-14-16-34(17-15-32)41-26-37-22-21-36-20-18-33-8-5-6-9-40(33)44(36)46(37)47-43(41)29(2)49-28-38-23-19-35-24-25-39(48-3)27-42(35)45(38)47/h5-6,8-9,14-20,23-27,29-31H,4,7,10-13,21-22,28H2,1-3H3/t29-,30?,31?/m0/s1. The van der Waals surface area contributed by atoms with Crippen LogP contribution in [-0.2, 0) is 24.2 Å². The second-order valence-electron chi connectivity index (χ2n) is 14.8. The zero-order chi connectivity index (χ0) is 33.1. The third-order valence-corrected chi connectivity index (χ3v) is 12.1. The fourth-order valence-corrected chi connectivity index (χ4v) is 9.56. The van der Waals surface area contributed by atoms with Crippen LogP contribution in [0.1, 0.15) is 92.2 Å². The van der Waals surface area contributed by atoms with E-state index in [0.29, 0.717) is 12.5 Å². The van der Waals surface area contributed by atoms with Crippen LogP contribution in [0.15, 0.2) is 97.1 Å². The highest BCUT2D eigenvalue weighted by Gasteiger charge is 2.33. The van der Waals surface area contributed by atoms with Crippen LogP contribution < -0.4 is 4.74 Å². The molecule has 2 aliphatic carbocycles. The van der Waals surface area contributed by atoms with Gasteiger partial charge in [0.05, 0.1) is 19.8 Å². The first-order valence-corrected chi connectivity index (χ1v) is 18.6. The quantitative estimate of drug-likeness (QED) is 0.186. The zero-order valence-electron chi connectivity index (χ0n) is 29.2. The Morgan fingerprint density at radius 2 is 1.39 bits per heavy atom. The van der Waals surface area contributed by atoms with E-state index < -0.39 is 0 Å². The molecular formula is C47H46O2. The minimum atomic E-state index is -0.0720. The summed E-state index contributed by atoms with van der Waals surface area (Å²) in [6.45, 7) is 5.17. The van der Waals surface area contributed by atoms with Crippen molar-refractivity contribution < 1.29 is 9.47 Å². The lowest BCUT2D eigenvalue weighted by molar-refractivity contribution is 0.0554. The predicted octanol–water partition coefficient (Wildman–Crippen LogP) is 12.8. The van der Waals surface area contributed by atoms with Gasteiger partial charge in [-0.2, -0.15) is 0 Å². The van der Waals surface area contributed by atoms with Crippen molar-refractivity contribution in [1.29, 1.82) is 0 Å². The number of benzene rings is 6. The van der Waals surface area contributed by atoms with Gasteiger partial charge in [-0.15, -0.1) is 0 Å². The number of ether oxygens (including phenoxy) is 2. The van der Waals surface area contributed by atoms with E-state index in [9.17, 15) is 0 Å². The molecule has 3 aliphatic rings. The van der Waals surface area contributed by atoms with Crippen LogP contribution in [0.2, 0.25) is 0 Å². The highest BCUT2D eigenvalue weighted by molar-refractivity contribution is 6.10. The topological polar surface area (TPSA) is 18.5 Å². The highest BCUT2D eigenvalue weighted by Crippen LogP contribution is 2.54. The van der Waals surface area contributed by atoms with Gasteiger partial charge in [-0.25, -0.2) is 0 Å². The molecule has 6 aromatic rings. The van der Waals surface area contributed by atoms with E-state index >= 15 is 0 Å². The molecule has 1 fully saturated rings. The molecule has 1 heterocycles. The molecule has 0 aromatic heterocycles. The molecule has 1 aliphatic heterocycles. The van der Waals surface area contributed by atoms with Gasteiger partial charge in [0.2, 0.25) is 0 Å². The number of methoxy groups -OCH3 is 1. The molecule has 0 N–H and O–H groups in total. The van der Waals surface area contributed by atoms with Crippen LogP contribution in [0.4, 0.5) is 0 Å². The molecule has 0 bridgehead atoms. The van der Waals surface area contributed by atoms with Crippen LogP contribution in [-0.4, -0.2) is 7.11 Å². The molecule has 0 radical (unpaired) electrons. The minimum absolute atomic E-state index is 0.0720. The fraction of sp³-hybridized carbons (Fsp3) is 0.319. The first-order valence-electron chi connectivity index (χ1n) is 18.6. The number of rotatable bonds is 5. The highest BCUT2D eigenvalue weighted by atomic mass is 16.5. The van der Waals surface area contributed by atoms with Crippen molar-refractivity contribution in [2.45, 2.75) is 83.8 Å². The minimum Gasteiger partial charge on any atom is -0.497 e. The Morgan fingerprint density at radius 1 is 0.673 bits per heavy atom. The molecule has 2 heteroatoms. The maximum absolute atomic E-state index is 6.81. The van der Waals surface area contributed by atoms with Crippen molar-refractivity contribution in [3.05, 3.63) is 125 Å². The SMILES string of the molecule is CCCC1CCC(c2ccc(-c3cc4c(c5c3[C@H](C)OCc3ccc6ccc(OC)cc6c3-5)-c3c(ccc5ccccc35)CC4)cc2)CC1. The van der Waals surface area contributed by atoms with E-state index in [1.54, 1.807) is 7.11 Å². The fourth-order valence-electron chi connectivity index (χ4n) is 9.56. The predicted molar refractivity (Wildman–Crippen MR) is 205 cm³/mol. The molecule has 0 spiro atoms. The second-order valence-corrected chi connectivity index (χ2v) is 14.8. The Hall–Kier alpha value is -4.40. The maximum atomic E-state index is 6.81. The Bertz CT molecular complexity index is 2200. The van der Waals surface area contributed by atoms with E-state index in [1.165, 1.54) is 121 Å². The number of hydrogen-bond acceptors (Lipinski definition) is 2. The maximum Gasteiger partial charge on any atom is 0.119 e. The lowest BCUT2D eigenvalue weighted by atomic mass is 9.73. The lowest BCUT2D eigenvalue weighted by Crippen LogP contribution is -2.13. The van der Waals surface area contributed by atoms with Gasteiger partial charge in [0.1, 0.15) is 5.75 Å². The Labute approximate surface area is 291 Å². The molecule has 0 saturated heterocycles. The van der Waals surface area contributed by atoms with Gasteiger partial charge in [-0.1, -0.05) is 105 Å². The molecular weight excluding hydrogens is 597 g/mol. The number of hydrogen-bond donors (Lipinski definition) is 0. The van der Waals surface area contributed by atoms with Gasteiger partial charge >= 0.3 is 0 Å². The summed E-state index contributed by atoms with van der Waals surface area (Å²) in [5, 5.41) is 5.10. The van der Waals surface area contributed by atoms with E-state index in [2.05, 4.69) is 111 Å². The summed E-state index contributed by atoms with van der Waals surface area (Å²) in [5.74, 6) is 2.49. The Morgan fingerprint density at radius 3 is 2.18 bits per heavy atom. The van der Waals surface area contributed by atoms with Gasteiger partial charge in [0, 0.05) is 0 Å². The van der Waals surface area contributed by atoms with Crippen molar-refractivity contribution >= 4 is 21.5 Å². The van der Waals surface area contributed by atoms with E-state index in [1.807, 2.05) is 0 Å². The molecule has 0 amide bonds. The molecule has 0 unspecified atom stereocenters. The van der Waals surface area contributed by atoms with Crippen LogP contribution in [0.5, 0.6) is 5.75 Å². The Kier molecular flexibility index (Phi) is 7.81. The van der Waals surface area contributed by atoms with Crippen LogP contribution >= 0.6 is 0 Å². The second kappa shape index (κ2) is 12.5. The zero-order valence-corrected chi connectivity index (χ0v) is 29.2. The summed E-state index contributed by atoms with van der Waals surface area (Å²) in [7, 11) is 1.77. The van der Waals surface area contributed by atoms with Crippen LogP contribution in [0.3, 0.4) is 0 Å². The summed E-state index contributed by atoms with van der Waals surface area (Å²) >= 11 is 0. The average molecular weight is 643 g/mol. The first-order chi connectivity index (χ1) is 24.1. The Balaban J connectivity index is 1.30. The van der Waals surface area contributed by atoms with Gasteiger partial charge in [-0.3, -0.25) is 0 Å². The monoisotopic (exact) mass is 642 g/mol. The molecule has 1 atom stereocenters. The van der Waals surface area contributed by atoms with E-state index in [-0.39, 0.29) is 6.10 Å². The van der Waals surface area contributed by atoms with Crippen molar-refractivity contribution in [2.24, 2.45) is 5.92 Å². The summed E-state index contributed by atoms with van der Waals surface area (Å²) in [5.41, 5.74) is 15.0.